The first kappa shape index (κ1) is 13.5. The molecule has 0 radical (unpaired) electrons. The van der Waals surface area contributed by atoms with Crippen LogP contribution in [-0.2, 0) is 4.79 Å². The van der Waals surface area contributed by atoms with Crippen LogP contribution in [0.4, 0.5) is 5.69 Å². The zero-order chi connectivity index (χ0) is 13.8. The molecule has 1 aliphatic rings. The molecule has 2 aromatic rings. The van der Waals surface area contributed by atoms with Gasteiger partial charge in [0.25, 0.3) is 0 Å². The number of nitrogens with zero attached hydrogens (tertiary/aromatic N) is 2. The number of rotatable bonds is 4. The predicted octanol–water partition coefficient (Wildman–Crippen LogP) is 2.38. The van der Waals surface area contributed by atoms with Crippen molar-refractivity contribution in [1.29, 1.82) is 0 Å². The van der Waals surface area contributed by atoms with Crippen LogP contribution >= 0.6 is 23.1 Å². The fraction of sp³-hybridized carbons (Fsp3) is 0.308. The second kappa shape index (κ2) is 6.34. The van der Waals surface area contributed by atoms with Gasteiger partial charge in [0, 0.05) is 10.6 Å². The average molecular weight is 306 g/mol. The van der Waals surface area contributed by atoms with Crippen molar-refractivity contribution < 1.29 is 4.79 Å². The molecule has 1 aliphatic heterocycles. The molecule has 5 nitrogen and oxygen atoms in total. The Kier molecular flexibility index (Phi) is 4.29. The monoisotopic (exact) mass is 306 g/mol. The lowest BCUT2D eigenvalue weighted by Crippen LogP contribution is -2.35. The van der Waals surface area contributed by atoms with Crippen LogP contribution in [0, 0.1) is 0 Å². The maximum absolute atomic E-state index is 12.0. The number of benzene rings is 1. The maximum atomic E-state index is 12.0. The summed E-state index contributed by atoms with van der Waals surface area (Å²) >= 11 is 3.08. The van der Waals surface area contributed by atoms with E-state index in [1.54, 1.807) is 17.3 Å². The van der Waals surface area contributed by atoms with Gasteiger partial charge in [0.15, 0.2) is 4.34 Å². The standard InChI is InChI=1S/C13H14N4OS2/c18-12(11-2-1-7-14-11)16-9-3-5-10(6-4-9)20-13-17-15-8-19-13/h3-6,8,11,14H,1-2,7H2,(H,16,18). The Labute approximate surface area is 125 Å². The van der Waals surface area contributed by atoms with E-state index in [1.807, 2.05) is 24.3 Å². The van der Waals surface area contributed by atoms with Crippen LogP contribution < -0.4 is 10.6 Å². The molecule has 20 heavy (non-hydrogen) atoms. The lowest BCUT2D eigenvalue weighted by molar-refractivity contribution is -0.117. The molecule has 2 N–H and O–H groups in total. The topological polar surface area (TPSA) is 66.9 Å². The maximum Gasteiger partial charge on any atom is 0.241 e. The van der Waals surface area contributed by atoms with Gasteiger partial charge in [-0.3, -0.25) is 4.79 Å². The van der Waals surface area contributed by atoms with Crippen LogP contribution in [0.5, 0.6) is 0 Å². The van der Waals surface area contributed by atoms with Crippen molar-refractivity contribution in [2.24, 2.45) is 0 Å². The molecule has 0 bridgehead atoms. The molecule has 0 saturated carbocycles. The Morgan fingerprint density at radius 2 is 2.25 bits per heavy atom. The fourth-order valence-corrected chi connectivity index (χ4v) is 3.50. The predicted molar refractivity (Wildman–Crippen MR) is 80.1 cm³/mol. The van der Waals surface area contributed by atoms with E-state index in [9.17, 15) is 4.79 Å². The van der Waals surface area contributed by atoms with Gasteiger partial charge in [-0.05, 0) is 43.7 Å². The highest BCUT2D eigenvalue weighted by molar-refractivity contribution is 8.01. The van der Waals surface area contributed by atoms with Gasteiger partial charge in [-0.25, -0.2) is 0 Å². The van der Waals surface area contributed by atoms with E-state index < -0.39 is 0 Å². The highest BCUT2D eigenvalue weighted by Crippen LogP contribution is 2.29. The summed E-state index contributed by atoms with van der Waals surface area (Å²) in [6, 6.07) is 7.73. The summed E-state index contributed by atoms with van der Waals surface area (Å²) in [7, 11) is 0. The van der Waals surface area contributed by atoms with Crippen molar-refractivity contribution in [3.63, 3.8) is 0 Å². The largest absolute Gasteiger partial charge is 0.325 e. The third-order valence-corrected chi connectivity index (χ3v) is 4.83. The first-order valence-corrected chi connectivity index (χ1v) is 8.09. The summed E-state index contributed by atoms with van der Waals surface area (Å²) in [5.74, 6) is 0.0482. The third-order valence-electron chi connectivity index (χ3n) is 3.04. The molecule has 0 aliphatic carbocycles. The van der Waals surface area contributed by atoms with Crippen LogP contribution in [0.15, 0.2) is 39.0 Å². The lowest BCUT2D eigenvalue weighted by Gasteiger charge is -2.11. The molecular formula is C13H14N4OS2. The normalized spacial score (nSPS) is 18.1. The van der Waals surface area contributed by atoms with Gasteiger partial charge >= 0.3 is 0 Å². The SMILES string of the molecule is O=C(Nc1ccc(Sc2nncs2)cc1)C1CCCN1. The Morgan fingerprint density at radius 1 is 1.40 bits per heavy atom. The van der Waals surface area contributed by atoms with Crippen molar-refractivity contribution in [2.75, 3.05) is 11.9 Å². The lowest BCUT2D eigenvalue weighted by atomic mass is 10.2. The third kappa shape index (κ3) is 3.36. The van der Waals surface area contributed by atoms with Crippen molar-refractivity contribution >= 4 is 34.7 Å². The van der Waals surface area contributed by atoms with E-state index in [0.29, 0.717) is 0 Å². The van der Waals surface area contributed by atoms with E-state index in [-0.39, 0.29) is 11.9 Å². The van der Waals surface area contributed by atoms with Gasteiger partial charge in [0.1, 0.15) is 5.51 Å². The minimum absolute atomic E-state index is 0.0482. The van der Waals surface area contributed by atoms with Gasteiger partial charge in [-0.15, -0.1) is 10.2 Å². The summed E-state index contributed by atoms with van der Waals surface area (Å²) in [6.07, 6.45) is 1.98. The van der Waals surface area contributed by atoms with Gasteiger partial charge in [0.05, 0.1) is 6.04 Å². The molecule has 1 atom stereocenters. The van der Waals surface area contributed by atoms with Crippen LogP contribution in [0.1, 0.15) is 12.8 Å². The molecule has 1 unspecified atom stereocenters. The molecule has 1 aromatic heterocycles. The van der Waals surface area contributed by atoms with E-state index in [0.717, 1.165) is 34.3 Å². The Balaban J connectivity index is 1.59. The smallest absolute Gasteiger partial charge is 0.241 e. The minimum atomic E-state index is -0.0505. The van der Waals surface area contributed by atoms with Gasteiger partial charge in [0.2, 0.25) is 5.91 Å². The van der Waals surface area contributed by atoms with Crippen LogP contribution in [0.2, 0.25) is 0 Å². The highest BCUT2D eigenvalue weighted by Gasteiger charge is 2.21. The van der Waals surface area contributed by atoms with Crippen LogP contribution in [0.3, 0.4) is 0 Å². The first-order valence-electron chi connectivity index (χ1n) is 6.39. The first-order chi connectivity index (χ1) is 9.81. The molecule has 1 aromatic carbocycles. The second-order valence-corrected chi connectivity index (χ2v) is 6.62. The van der Waals surface area contributed by atoms with Crippen molar-refractivity contribution in [3.8, 4) is 0 Å². The number of amides is 1. The molecule has 2 heterocycles. The number of carbonyl (C=O) groups is 1. The van der Waals surface area contributed by atoms with Gasteiger partial charge in [-0.1, -0.05) is 23.1 Å². The fourth-order valence-electron chi connectivity index (χ4n) is 2.05. The molecule has 1 amide bonds. The Hall–Kier alpha value is -1.44. The van der Waals surface area contributed by atoms with Crippen LogP contribution in [-0.4, -0.2) is 28.7 Å². The van der Waals surface area contributed by atoms with Crippen molar-refractivity contribution in [1.82, 2.24) is 15.5 Å². The molecule has 3 rings (SSSR count). The zero-order valence-corrected chi connectivity index (χ0v) is 12.3. The number of carbonyl (C=O) groups excluding carboxylic acids is 1. The molecule has 7 heteroatoms. The van der Waals surface area contributed by atoms with Crippen LogP contribution in [0.25, 0.3) is 0 Å². The summed E-state index contributed by atoms with van der Waals surface area (Å²) < 4.78 is 0.914. The van der Waals surface area contributed by atoms with E-state index >= 15 is 0 Å². The summed E-state index contributed by atoms with van der Waals surface area (Å²) in [6.45, 7) is 0.926. The van der Waals surface area contributed by atoms with E-state index in [2.05, 4.69) is 20.8 Å². The Morgan fingerprint density at radius 3 is 2.90 bits per heavy atom. The summed E-state index contributed by atoms with van der Waals surface area (Å²) in [5.41, 5.74) is 2.54. The summed E-state index contributed by atoms with van der Waals surface area (Å²) in [5, 5.41) is 13.9. The molecule has 104 valence electrons. The number of hydrogen-bond acceptors (Lipinski definition) is 6. The minimum Gasteiger partial charge on any atom is -0.325 e. The highest BCUT2D eigenvalue weighted by atomic mass is 32.2. The molecular weight excluding hydrogens is 292 g/mol. The number of anilines is 1. The van der Waals surface area contributed by atoms with Crippen molar-refractivity contribution in [2.45, 2.75) is 28.1 Å². The summed E-state index contributed by atoms with van der Waals surface area (Å²) in [4.78, 5) is 13.0. The number of hydrogen-bond donors (Lipinski definition) is 2. The Bertz CT molecular complexity index is 565. The average Bonchev–Trinajstić information content (AvgIpc) is 3.13. The number of aromatic nitrogens is 2. The van der Waals surface area contributed by atoms with E-state index in [4.69, 9.17) is 0 Å². The molecule has 0 spiro atoms. The van der Waals surface area contributed by atoms with Gasteiger partial charge in [-0.2, -0.15) is 0 Å². The quantitative estimate of drug-likeness (QED) is 0.908. The number of nitrogens with one attached hydrogen (secondary N) is 2. The molecule has 1 fully saturated rings. The van der Waals surface area contributed by atoms with Gasteiger partial charge < -0.3 is 10.6 Å². The molecule has 1 saturated heterocycles. The second-order valence-electron chi connectivity index (χ2n) is 4.47. The zero-order valence-electron chi connectivity index (χ0n) is 10.7. The van der Waals surface area contributed by atoms with E-state index in [1.165, 1.54) is 11.3 Å². The van der Waals surface area contributed by atoms with Crippen molar-refractivity contribution in [3.05, 3.63) is 29.8 Å².